The lowest BCUT2D eigenvalue weighted by Crippen LogP contribution is -2.26. The minimum absolute atomic E-state index is 0.346. The number of benzene rings is 1. The van der Waals surface area contributed by atoms with Crippen molar-refractivity contribution in [2.24, 2.45) is 5.92 Å². The van der Waals surface area contributed by atoms with Crippen molar-refractivity contribution in [3.63, 3.8) is 0 Å². The highest BCUT2D eigenvalue weighted by molar-refractivity contribution is 6.33. The topological polar surface area (TPSA) is 39.1 Å². The van der Waals surface area contributed by atoms with Crippen molar-refractivity contribution in [1.82, 2.24) is 9.55 Å². The van der Waals surface area contributed by atoms with E-state index in [1.54, 1.807) is 12.5 Å². The Balaban J connectivity index is 1.87. The fraction of sp³-hybridized carbons (Fsp3) is 0.400. The Bertz CT molecular complexity index is 565. The summed E-state index contributed by atoms with van der Waals surface area (Å²) < 4.78 is 7.39. The maximum atomic E-state index is 6.35. The molecule has 1 aliphatic heterocycles. The van der Waals surface area contributed by atoms with Gasteiger partial charge in [-0.3, -0.25) is 0 Å². The molecule has 0 bridgehead atoms. The molecule has 1 saturated heterocycles. The maximum absolute atomic E-state index is 6.35. The Morgan fingerprint density at radius 3 is 3.10 bits per heavy atom. The van der Waals surface area contributed by atoms with Gasteiger partial charge in [-0.1, -0.05) is 17.7 Å². The van der Waals surface area contributed by atoms with E-state index in [1.165, 1.54) is 0 Å². The van der Waals surface area contributed by atoms with Crippen molar-refractivity contribution in [3.8, 4) is 5.69 Å². The number of halogens is 1. The minimum atomic E-state index is 0.346. The molecule has 4 nitrogen and oxygen atoms in total. The maximum Gasteiger partial charge on any atom is 0.0992 e. The van der Waals surface area contributed by atoms with Crippen LogP contribution in [0.5, 0.6) is 0 Å². The van der Waals surface area contributed by atoms with Crippen LogP contribution in [-0.4, -0.2) is 28.8 Å². The van der Waals surface area contributed by atoms with Crippen molar-refractivity contribution in [1.29, 1.82) is 0 Å². The molecule has 3 rings (SSSR count). The number of hydrogen-bond acceptors (Lipinski definition) is 3. The predicted octanol–water partition coefficient (Wildman–Crippen LogP) is 3.36. The van der Waals surface area contributed by atoms with Gasteiger partial charge in [0, 0.05) is 31.0 Å². The van der Waals surface area contributed by atoms with Crippen LogP contribution in [0.15, 0.2) is 36.9 Å². The second-order valence-electron chi connectivity index (χ2n) is 5.16. The number of hydrogen-bond donors (Lipinski definition) is 1. The second-order valence-corrected chi connectivity index (χ2v) is 5.57. The molecule has 0 amide bonds. The second kappa shape index (κ2) is 5.85. The number of rotatable bonds is 4. The standard InChI is InChI=1S/C15H18ClN3O/c1-11(12-5-8-20-9-12)18-14-4-2-3-13(16)15(14)19-7-6-17-10-19/h2-4,6-7,10-12,18H,5,8-9H2,1H3. The van der Waals surface area contributed by atoms with Crippen LogP contribution in [0.3, 0.4) is 0 Å². The molecule has 2 heterocycles. The zero-order valence-corrected chi connectivity index (χ0v) is 12.2. The summed E-state index contributed by atoms with van der Waals surface area (Å²) >= 11 is 6.35. The van der Waals surface area contributed by atoms with Crippen molar-refractivity contribution < 1.29 is 4.74 Å². The number of imidazole rings is 1. The molecule has 1 aromatic heterocycles. The first kappa shape index (κ1) is 13.5. The van der Waals surface area contributed by atoms with Crippen LogP contribution in [-0.2, 0) is 4.74 Å². The van der Waals surface area contributed by atoms with Gasteiger partial charge in [-0.2, -0.15) is 0 Å². The molecule has 2 atom stereocenters. The Labute approximate surface area is 123 Å². The van der Waals surface area contributed by atoms with E-state index in [1.807, 2.05) is 29.0 Å². The molecular formula is C15H18ClN3O. The lowest BCUT2D eigenvalue weighted by Gasteiger charge is -2.23. The Kier molecular flexibility index (Phi) is 3.94. The van der Waals surface area contributed by atoms with Gasteiger partial charge in [-0.05, 0) is 25.5 Å². The van der Waals surface area contributed by atoms with E-state index in [-0.39, 0.29) is 0 Å². The average molecular weight is 292 g/mol. The summed E-state index contributed by atoms with van der Waals surface area (Å²) in [5.74, 6) is 0.546. The zero-order chi connectivity index (χ0) is 13.9. The van der Waals surface area contributed by atoms with Crippen LogP contribution in [0.4, 0.5) is 5.69 Å². The predicted molar refractivity (Wildman–Crippen MR) is 80.6 cm³/mol. The molecule has 1 fully saturated rings. The van der Waals surface area contributed by atoms with Crippen molar-refractivity contribution >= 4 is 17.3 Å². The molecule has 0 spiro atoms. The lowest BCUT2D eigenvalue weighted by molar-refractivity contribution is 0.183. The van der Waals surface area contributed by atoms with Gasteiger partial charge in [0.25, 0.3) is 0 Å². The largest absolute Gasteiger partial charge is 0.381 e. The average Bonchev–Trinajstić information content (AvgIpc) is 3.12. The molecule has 1 aromatic carbocycles. The number of ether oxygens (including phenoxy) is 1. The van der Waals surface area contributed by atoms with Crippen molar-refractivity contribution in [2.75, 3.05) is 18.5 Å². The van der Waals surface area contributed by atoms with Crippen LogP contribution >= 0.6 is 11.6 Å². The number of para-hydroxylation sites is 1. The molecule has 2 unspecified atom stereocenters. The Morgan fingerprint density at radius 2 is 2.40 bits per heavy atom. The van der Waals surface area contributed by atoms with Gasteiger partial charge in [-0.15, -0.1) is 0 Å². The first-order chi connectivity index (χ1) is 9.75. The van der Waals surface area contributed by atoms with Crippen LogP contribution in [0.2, 0.25) is 5.02 Å². The number of aromatic nitrogens is 2. The normalized spacial score (nSPS) is 20.0. The third-order valence-corrected chi connectivity index (χ3v) is 4.11. The highest BCUT2D eigenvalue weighted by atomic mass is 35.5. The molecule has 0 saturated carbocycles. The molecule has 2 aromatic rings. The van der Waals surface area contributed by atoms with Crippen molar-refractivity contribution in [2.45, 2.75) is 19.4 Å². The van der Waals surface area contributed by atoms with Gasteiger partial charge in [0.1, 0.15) is 0 Å². The summed E-state index contributed by atoms with van der Waals surface area (Å²) in [6.07, 6.45) is 6.52. The molecule has 1 N–H and O–H groups in total. The molecule has 0 radical (unpaired) electrons. The van der Waals surface area contributed by atoms with E-state index in [4.69, 9.17) is 16.3 Å². The van der Waals surface area contributed by atoms with E-state index < -0.39 is 0 Å². The van der Waals surface area contributed by atoms with Gasteiger partial charge >= 0.3 is 0 Å². The van der Waals surface area contributed by atoms with Crippen LogP contribution in [0.25, 0.3) is 5.69 Å². The highest BCUT2D eigenvalue weighted by Gasteiger charge is 2.23. The zero-order valence-electron chi connectivity index (χ0n) is 11.4. The minimum Gasteiger partial charge on any atom is -0.381 e. The summed E-state index contributed by atoms with van der Waals surface area (Å²) in [6, 6.07) is 6.25. The fourth-order valence-electron chi connectivity index (χ4n) is 2.60. The monoisotopic (exact) mass is 291 g/mol. The summed E-state index contributed by atoms with van der Waals surface area (Å²) in [4.78, 5) is 4.09. The number of nitrogens with one attached hydrogen (secondary N) is 1. The molecule has 0 aliphatic carbocycles. The van der Waals surface area contributed by atoms with Gasteiger partial charge in [0.2, 0.25) is 0 Å². The highest BCUT2D eigenvalue weighted by Crippen LogP contribution is 2.30. The Hall–Kier alpha value is -1.52. The van der Waals surface area contributed by atoms with Gasteiger partial charge in [-0.25, -0.2) is 4.98 Å². The summed E-state index contributed by atoms with van der Waals surface area (Å²) in [7, 11) is 0. The molecular weight excluding hydrogens is 274 g/mol. The van der Waals surface area contributed by atoms with E-state index >= 15 is 0 Å². The van der Waals surface area contributed by atoms with E-state index in [0.29, 0.717) is 17.0 Å². The first-order valence-electron chi connectivity index (χ1n) is 6.87. The van der Waals surface area contributed by atoms with Gasteiger partial charge in [0.05, 0.1) is 29.3 Å². The van der Waals surface area contributed by atoms with E-state index in [0.717, 1.165) is 31.0 Å². The van der Waals surface area contributed by atoms with E-state index in [2.05, 4.69) is 17.2 Å². The van der Waals surface area contributed by atoms with E-state index in [9.17, 15) is 0 Å². The summed E-state index contributed by atoms with van der Waals surface area (Å²) in [5.41, 5.74) is 1.97. The molecule has 106 valence electrons. The molecule has 1 aliphatic rings. The van der Waals surface area contributed by atoms with Gasteiger partial charge < -0.3 is 14.6 Å². The van der Waals surface area contributed by atoms with Crippen LogP contribution in [0.1, 0.15) is 13.3 Å². The Morgan fingerprint density at radius 1 is 1.50 bits per heavy atom. The molecule has 20 heavy (non-hydrogen) atoms. The lowest BCUT2D eigenvalue weighted by atomic mass is 10.0. The number of anilines is 1. The quantitative estimate of drug-likeness (QED) is 0.939. The molecule has 5 heteroatoms. The first-order valence-corrected chi connectivity index (χ1v) is 7.24. The number of nitrogens with zero attached hydrogens (tertiary/aromatic N) is 2. The smallest absolute Gasteiger partial charge is 0.0992 e. The third-order valence-electron chi connectivity index (χ3n) is 3.80. The summed E-state index contributed by atoms with van der Waals surface area (Å²) in [6.45, 7) is 3.88. The van der Waals surface area contributed by atoms with Crippen molar-refractivity contribution in [3.05, 3.63) is 41.9 Å². The van der Waals surface area contributed by atoms with Crippen LogP contribution < -0.4 is 5.32 Å². The SMILES string of the molecule is CC(Nc1cccc(Cl)c1-n1ccnc1)C1CCOC1. The van der Waals surface area contributed by atoms with Crippen LogP contribution in [0, 0.1) is 5.92 Å². The fourth-order valence-corrected chi connectivity index (χ4v) is 2.87. The summed E-state index contributed by atoms with van der Waals surface area (Å²) in [5, 5.41) is 4.28. The third kappa shape index (κ3) is 2.67. The van der Waals surface area contributed by atoms with Gasteiger partial charge in [0.15, 0.2) is 0 Å².